The van der Waals surface area contributed by atoms with Gasteiger partial charge >= 0.3 is 5.97 Å². The Labute approximate surface area is 127 Å². The minimum Gasteiger partial charge on any atom is -0.478 e. The van der Waals surface area contributed by atoms with Crippen LogP contribution >= 0.6 is 39.1 Å². The van der Waals surface area contributed by atoms with Gasteiger partial charge in [-0.05, 0) is 30.3 Å². The van der Waals surface area contributed by atoms with Crippen molar-refractivity contribution < 1.29 is 9.90 Å². The molecular formula is C12H7BrCl2N2O2. The molecule has 0 radical (unpaired) electrons. The molecule has 1 aromatic carbocycles. The lowest BCUT2D eigenvalue weighted by Gasteiger charge is -2.09. The molecule has 0 atom stereocenters. The van der Waals surface area contributed by atoms with Gasteiger partial charge in [0.05, 0.1) is 16.3 Å². The molecule has 2 rings (SSSR count). The molecule has 2 N–H and O–H groups in total. The zero-order valence-corrected chi connectivity index (χ0v) is 12.4. The Morgan fingerprint density at radius 3 is 2.68 bits per heavy atom. The zero-order chi connectivity index (χ0) is 14.0. The number of aromatic carboxylic acids is 1. The monoisotopic (exact) mass is 360 g/mol. The summed E-state index contributed by atoms with van der Waals surface area (Å²) in [6, 6.07) is 7.91. The first kappa shape index (κ1) is 14.1. The van der Waals surface area contributed by atoms with E-state index in [1.165, 1.54) is 12.1 Å². The van der Waals surface area contributed by atoms with Gasteiger partial charge in [0, 0.05) is 4.47 Å². The molecule has 98 valence electrons. The molecule has 0 bridgehead atoms. The fraction of sp³-hybridized carbons (Fsp3) is 0. The van der Waals surface area contributed by atoms with E-state index in [0.717, 1.165) is 4.47 Å². The third kappa shape index (κ3) is 3.59. The van der Waals surface area contributed by atoms with E-state index in [1.807, 2.05) is 0 Å². The van der Waals surface area contributed by atoms with Gasteiger partial charge in [-0.25, -0.2) is 9.78 Å². The Balaban J connectivity index is 2.38. The van der Waals surface area contributed by atoms with Crippen LogP contribution in [0, 0.1) is 0 Å². The Hall–Kier alpha value is -1.30. The van der Waals surface area contributed by atoms with Gasteiger partial charge in [0.15, 0.2) is 0 Å². The van der Waals surface area contributed by atoms with Gasteiger partial charge in [-0.1, -0.05) is 39.1 Å². The fourth-order valence-electron chi connectivity index (χ4n) is 1.42. The van der Waals surface area contributed by atoms with E-state index in [-0.39, 0.29) is 10.7 Å². The van der Waals surface area contributed by atoms with Crippen LogP contribution in [0.25, 0.3) is 0 Å². The van der Waals surface area contributed by atoms with Crippen molar-refractivity contribution >= 4 is 56.6 Å². The lowest BCUT2D eigenvalue weighted by atomic mass is 10.2. The lowest BCUT2D eigenvalue weighted by Crippen LogP contribution is -2.01. The summed E-state index contributed by atoms with van der Waals surface area (Å²) in [5.41, 5.74) is 0.649. The van der Waals surface area contributed by atoms with Gasteiger partial charge in [-0.2, -0.15) is 0 Å². The number of benzene rings is 1. The van der Waals surface area contributed by atoms with E-state index in [0.29, 0.717) is 16.5 Å². The number of aromatic nitrogens is 1. The summed E-state index contributed by atoms with van der Waals surface area (Å²) in [5, 5.41) is 12.5. The summed E-state index contributed by atoms with van der Waals surface area (Å²) in [4.78, 5) is 14.9. The van der Waals surface area contributed by atoms with Gasteiger partial charge in [0.2, 0.25) is 0 Å². The van der Waals surface area contributed by atoms with Crippen LogP contribution in [0.3, 0.4) is 0 Å². The lowest BCUT2D eigenvalue weighted by molar-refractivity contribution is 0.0697. The van der Waals surface area contributed by atoms with E-state index in [4.69, 9.17) is 28.3 Å². The third-order valence-corrected chi connectivity index (χ3v) is 3.25. The Morgan fingerprint density at radius 1 is 1.26 bits per heavy atom. The summed E-state index contributed by atoms with van der Waals surface area (Å²) in [6.45, 7) is 0. The highest BCUT2D eigenvalue weighted by molar-refractivity contribution is 9.10. The summed E-state index contributed by atoms with van der Waals surface area (Å²) in [5.74, 6) is -0.766. The molecule has 0 fully saturated rings. The standard InChI is InChI=1S/C12H7BrCl2N2O2/c13-7-1-2-8(14)9(5-7)16-11-4-6(12(18)19)3-10(15)17-11/h1-5H,(H,16,17)(H,18,19). The largest absolute Gasteiger partial charge is 0.478 e. The Morgan fingerprint density at radius 2 is 2.00 bits per heavy atom. The van der Waals surface area contributed by atoms with Crippen LogP contribution in [-0.2, 0) is 0 Å². The number of hydrogen-bond donors (Lipinski definition) is 2. The number of nitrogens with zero attached hydrogens (tertiary/aromatic N) is 1. The number of carboxylic acid groups (broad SMARTS) is 1. The van der Waals surface area contributed by atoms with Crippen molar-refractivity contribution in [2.75, 3.05) is 5.32 Å². The maximum absolute atomic E-state index is 10.9. The number of halogens is 3. The highest BCUT2D eigenvalue weighted by atomic mass is 79.9. The molecule has 0 spiro atoms. The van der Waals surface area contributed by atoms with E-state index >= 15 is 0 Å². The number of carboxylic acids is 1. The second-order valence-electron chi connectivity index (χ2n) is 3.62. The van der Waals surface area contributed by atoms with Crippen LogP contribution in [0.5, 0.6) is 0 Å². The van der Waals surface area contributed by atoms with E-state index < -0.39 is 5.97 Å². The van der Waals surface area contributed by atoms with Crippen LogP contribution in [0.15, 0.2) is 34.8 Å². The average Bonchev–Trinajstić information content (AvgIpc) is 2.33. The van der Waals surface area contributed by atoms with Crippen LogP contribution < -0.4 is 5.32 Å². The maximum atomic E-state index is 10.9. The molecule has 0 aliphatic carbocycles. The first-order valence-corrected chi connectivity index (χ1v) is 6.63. The van der Waals surface area contributed by atoms with Crippen LogP contribution in [0.4, 0.5) is 11.5 Å². The quantitative estimate of drug-likeness (QED) is 0.784. The van der Waals surface area contributed by atoms with Crippen molar-refractivity contribution in [1.82, 2.24) is 4.98 Å². The summed E-state index contributed by atoms with van der Waals surface area (Å²) in [6.07, 6.45) is 0. The number of pyridine rings is 1. The van der Waals surface area contributed by atoms with E-state index in [2.05, 4.69) is 26.2 Å². The molecule has 0 aliphatic rings. The van der Waals surface area contributed by atoms with Gasteiger partial charge in [0.25, 0.3) is 0 Å². The third-order valence-electron chi connectivity index (χ3n) is 2.23. The maximum Gasteiger partial charge on any atom is 0.335 e. The molecule has 19 heavy (non-hydrogen) atoms. The summed E-state index contributed by atoms with van der Waals surface area (Å²) >= 11 is 15.1. The van der Waals surface area contributed by atoms with Crippen LogP contribution in [-0.4, -0.2) is 16.1 Å². The van der Waals surface area contributed by atoms with Crippen molar-refractivity contribution in [3.8, 4) is 0 Å². The first-order chi connectivity index (χ1) is 8.95. The van der Waals surface area contributed by atoms with Crippen molar-refractivity contribution in [3.63, 3.8) is 0 Å². The molecule has 0 saturated carbocycles. The van der Waals surface area contributed by atoms with E-state index in [1.54, 1.807) is 18.2 Å². The van der Waals surface area contributed by atoms with Gasteiger partial charge in [-0.15, -0.1) is 0 Å². The number of nitrogens with one attached hydrogen (secondary N) is 1. The van der Waals surface area contributed by atoms with Crippen molar-refractivity contribution in [3.05, 3.63) is 50.5 Å². The van der Waals surface area contributed by atoms with Gasteiger partial charge in [-0.3, -0.25) is 0 Å². The number of carbonyl (C=O) groups is 1. The molecule has 0 saturated heterocycles. The minimum absolute atomic E-state index is 0.0496. The Bertz CT molecular complexity index is 650. The molecule has 0 amide bonds. The number of rotatable bonds is 3. The molecule has 0 aliphatic heterocycles. The normalized spacial score (nSPS) is 10.3. The fourth-order valence-corrected chi connectivity index (χ4v) is 2.15. The summed E-state index contributed by atoms with van der Waals surface area (Å²) in [7, 11) is 0. The van der Waals surface area contributed by atoms with Gasteiger partial charge < -0.3 is 10.4 Å². The number of anilines is 2. The number of hydrogen-bond acceptors (Lipinski definition) is 3. The minimum atomic E-state index is -1.08. The first-order valence-electron chi connectivity index (χ1n) is 5.08. The second kappa shape index (κ2) is 5.77. The highest BCUT2D eigenvalue weighted by Crippen LogP contribution is 2.28. The molecule has 0 unspecified atom stereocenters. The zero-order valence-electron chi connectivity index (χ0n) is 9.32. The highest BCUT2D eigenvalue weighted by Gasteiger charge is 2.09. The predicted molar refractivity (Wildman–Crippen MR) is 78.6 cm³/mol. The van der Waals surface area contributed by atoms with Crippen molar-refractivity contribution in [2.24, 2.45) is 0 Å². The molecule has 2 aromatic rings. The van der Waals surface area contributed by atoms with Crippen molar-refractivity contribution in [1.29, 1.82) is 0 Å². The van der Waals surface area contributed by atoms with Crippen LogP contribution in [0.2, 0.25) is 10.2 Å². The van der Waals surface area contributed by atoms with Crippen LogP contribution in [0.1, 0.15) is 10.4 Å². The smallest absolute Gasteiger partial charge is 0.335 e. The summed E-state index contributed by atoms with van der Waals surface area (Å²) < 4.78 is 0.833. The average molecular weight is 362 g/mol. The molecule has 1 heterocycles. The topological polar surface area (TPSA) is 62.2 Å². The second-order valence-corrected chi connectivity index (χ2v) is 5.33. The SMILES string of the molecule is O=C(O)c1cc(Cl)nc(Nc2cc(Br)ccc2Cl)c1. The molecule has 1 aromatic heterocycles. The van der Waals surface area contributed by atoms with Gasteiger partial charge in [0.1, 0.15) is 11.0 Å². The van der Waals surface area contributed by atoms with E-state index in [9.17, 15) is 4.79 Å². The van der Waals surface area contributed by atoms with Crippen molar-refractivity contribution in [2.45, 2.75) is 0 Å². The molecule has 7 heteroatoms. The Kier molecular flexibility index (Phi) is 4.29. The predicted octanol–water partition coefficient (Wildman–Crippen LogP) is 4.59. The molecule has 4 nitrogen and oxygen atoms in total. The molecular weight excluding hydrogens is 355 g/mol.